The number of benzene rings is 1. The van der Waals surface area contributed by atoms with Crippen molar-refractivity contribution in [1.29, 1.82) is 0 Å². The molecule has 23 heavy (non-hydrogen) atoms. The predicted molar refractivity (Wildman–Crippen MR) is 83.2 cm³/mol. The Morgan fingerprint density at radius 1 is 1.39 bits per heavy atom. The van der Waals surface area contributed by atoms with Crippen LogP contribution in [-0.2, 0) is 14.8 Å². The Morgan fingerprint density at radius 2 is 2.04 bits per heavy atom. The number of sulfonamides is 1. The molecule has 128 valence electrons. The molecule has 1 aromatic carbocycles. The molecule has 0 bridgehead atoms. The number of halogens is 1. The third kappa shape index (κ3) is 4.07. The fourth-order valence-electron chi connectivity index (χ4n) is 2.51. The Bertz CT molecular complexity index is 672. The highest BCUT2D eigenvalue weighted by atomic mass is 32.2. The van der Waals surface area contributed by atoms with E-state index in [4.69, 9.17) is 4.74 Å². The lowest BCUT2D eigenvalue weighted by atomic mass is 10.2. The maximum atomic E-state index is 14.0. The van der Waals surface area contributed by atoms with Crippen LogP contribution >= 0.6 is 0 Å². The normalized spacial score (nSPS) is 17.2. The standard InChI is InChI=1S/C15H21FN2O4S/c1-11(10-22-2)17-15(19)12-5-6-13(16)14(9-12)23(20,21)18-7-3-4-8-18/h5-6,9,11H,3-4,7-8,10H2,1-2H3,(H,17,19)/t11-/m1/s1. The number of nitrogens with zero attached hydrogens (tertiary/aromatic N) is 1. The van der Waals surface area contributed by atoms with Gasteiger partial charge in [-0.2, -0.15) is 4.31 Å². The molecule has 0 spiro atoms. The predicted octanol–water partition coefficient (Wildman–Crippen LogP) is 1.37. The highest BCUT2D eigenvalue weighted by Gasteiger charge is 2.30. The first kappa shape index (κ1) is 17.8. The van der Waals surface area contributed by atoms with Crippen LogP contribution in [0.4, 0.5) is 4.39 Å². The molecule has 1 amide bonds. The van der Waals surface area contributed by atoms with Gasteiger partial charge in [-0.3, -0.25) is 4.79 Å². The summed E-state index contributed by atoms with van der Waals surface area (Å²) >= 11 is 0. The van der Waals surface area contributed by atoms with Crippen LogP contribution in [0, 0.1) is 5.82 Å². The summed E-state index contributed by atoms with van der Waals surface area (Å²) in [6.45, 7) is 2.84. The van der Waals surface area contributed by atoms with E-state index in [2.05, 4.69) is 5.32 Å². The molecule has 1 atom stereocenters. The van der Waals surface area contributed by atoms with E-state index in [1.807, 2.05) is 0 Å². The van der Waals surface area contributed by atoms with Crippen LogP contribution in [0.2, 0.25) is 0 Å². The second-order valence-corrected chi connectivity index (χ2v) is 7.49. The van der Waals surface area contributed by atoms with E-state index in [1.165, 1.54) is 17.5 Å². The van der Waals surface area contributed by atoms with Crippen LogP contribution in [0.5, 0.6) is 0 Å². The SMILES string of the molecule is COC[C@@H](C)NC(=O)c1ccc(F)c(S(=O)(=O)N2CCCC2)c1. The van der Waals surface area contributed by atoms with Gasteiger partial charge in [0.05, 0.1) is 6.61 Å². The van der Waals surface area contributed by atoms with E-state index in [0.717, 1.165) is 25.0 Å². The maximum absolute atomic E-state index is 14.0. The number of hydrogen-bond donors (Lipinski definition) is 1. The lowest BCUT2D eigenvalue weighted by molar-refractivity contribution is 0.0905. The molecule has 0 unspecified atom stereocenters. The molecular weight excluding hydrogens is 323 g/mol. The number of methoxy groups -OCH3 is 1. The second-order valence-electron chi connectivity index (χ2n) is 5.59. The van der Waals surface area contributed by atoms with E-state index < -0.39 is 26.6 Å². The Morgan fingerprint density at radius 3 is 2.65 bits per heavy atom. The smallest absolute Gasteiger partial charge is 0.251 e. The molecule has 1 saturated heterocycles. The highest BCUT2D eigenvalue weighted by molar-refractivity contribution is 7.89. The van der Waals surface area contributed by atoms with Gasteiger partial charge < -0.3 is 10.1 Å². The summed E-state index contributed by atoms with van der Waals surface area (Å²) < 4.78 is 45.2. The zero-order valence-electron chi connectivity index (χ0n) is 13.2. The Labute approximate surface area is 135 Å². The lowest BCUT2D eigenvalue weighted by Crippen LogP contribution is -2.36. The fourth-order valence-corrected chi connectivity index (χ4v) is 4.12. The molecule has 1 fully saturated rings. The number of ether oxygens (including phenoxy) is 1. The summed E-state index contributed by atoms with van der Waals surface area (Å²) in [4.78, 5) is 11.7. The lowest BCUT2D eigenvalue weighted by Gasteiger charge is -2.17. The molecular formula is C15H21FN2O4S. The van der Waals surface area contributed by atoms with Crippen molar-refractivity contribution in [3.8, 4) is 0 Å². The van der Waals surface area contributed by atoms with Crippen LogP contribution < -0.4 is 5.32 Å². The third-order valence-electron chi connectivity index (χ3n) is 3.67. The zero-order valence-corrected chi connectivity index (χ0v) is 14.0. The summed E-state index contributed by atoms with van der Waals surface area (Å²) in [6, 6.07) is 3.14. The number of amides is 1. The first-order chi connectivity index (χ1) is 10.9. The quantitative estimate of drug-likeness (QED) is 0.846. The minimum atomic E-state index is -3.91. The van der Waals surface area contributed by atoms with Crippen LogP contribution in [0.15, 0.2) is 23.1 Å². The summed E-state index contributed by atoms with van der Waals surface area (Å²) in [7, 11) is -2.40. The van der Waals surface area contributed by atoms with E-state index in [9.17, 15) is 17.6 Å². The van der Waals surface area contributed by atoms with Crippen molar-refractivity contribution in [1.82, 2.24) is 9.62 Å². The Hall–Kier alpha value is -1.51. The third-order valence-corrected chi connectivity index (χ3v) is 5.58. The van der Waals surface area contributed by atoms with Gasteiger partial charge in [0.25, 0.3) is 5.91 Å². The maximum Gasteiger partial charge on any atom is 0.251 e. The molecule has 1 heterocycles. The van der Waals surface area contributed by atoms with Crippen molar-refractivity contribution in [2.75, 3.05) is 26.8 Å². The van der Waals surface area contributed by atoms with E-state index in [1.54, 1.807) is 6.92 Å². The van der Waals surface area contributed by atoms with Crippen LogP contribution in [0.1, 0.15) is 30.1 Å². The van der Waals surface area contributed by atoms with E-state index in [-0.39, 0.29) is 11.6 Å². The summed E-state index contributed by atoms with van der Waals surface area (Å²) in [6.07, 6.45) is 1.52. The fraction of sp³-hybridized carbons (Fsp3) is 0.533. The van der Waals surface area contributed by atoms with E-state index >= 15 is 0 Å². The highest BCUT2D eigenvalue weighted by Crippen LogP contribution is 2.24. The molecule has 1 aliphatic heterocycles. The Balaban J connectivity index is 2.27. The van der Waals surface area contributed by atoms with Gasteiger partial charge >= 0.3 is 0 Å². The Kier molecular flexibility index (Phi) is 5.72. The van der Waals surface area contributed by atoms with Crippen LogP contribution in [-0.4, -0.2) is 51.5 Å². The van der Waals surface area contributed by atoms with Crippen molar-refractivity contribution < 1.29 is 22.3 Å². The van der Waals surface area contributed by atoms with E-state index in [0.29, 0.717) is 19.7 Å². The monoisotopic (exact) mass is 344 g/mol. The first-order valence-corrected chi connectivity index (χ1v) is 8.89. The molecule has 8 heteroatoms. The van der Waals surface area contributed by atoms with Gasteiger partial charge in [0, 0.05) is 31.8 Å². The van der Waals surface area contributed by atoms with Gasteiger partial charge in [-0.25, -0.2) is 12.8 Å². The van der Waals surface area contributed by atoms with Crippen molar-refractivity contribution in [3.63, 3.8) is 0 Å². The number of rotatable bonds is 6. The van der Waals surface area contributed by atoms with Crippen molar-refractivity contribution in [2.24, 2.45) is 0 Å². The largest absolute Gasteiger partial charge is 0.383 e. The van der Waals surface area contributed by atoms with Crippen molar-refractivity contribution in [3.05, 3.63) is 29.6 Å². The molecule has 0 saturated carbocycles. The summed E-state index contributed by atoms with van der Waals surface area (Å²) in [5.74, 6) is -1.31. The molecule has 0 aromatic heterocycles. The van der Waals surface area contributed by atoms with Crippen molar-refractivity contribution in [2.45, 2.75) is 30.7 Å². The van der Waals surface area contributed by atoms with Crippen LogP contribution in [0.3, 0.4) is 0 Å². The van der Waals surface area contributed by atoms with Gasteiger partial charge in [0.2, 0.25) is 10.0 Å². The number of carbonyl (C=O) groups is 1. The average Bonchev–Trinajstić information content (AvgIpc) is 3.02. The molecule has 0 radical (unpaired) electrons. The topological polar surface area (TPSA) is 75.7 Å². The second kappa shape index (κ2) is 7.37. The number of carbonyl (C=O) groups excluding carboxylic acids is 1. The summed E-state index contributed by atoms with van der Waals surface area (Å²) in [5, 5.41) is 2.67. The van der Waals surface area contributed by atoms with Gasteiger partial charge in [0.15, 0.2) is 0 Å². The van der Waals surface area contributed by atoms with Gasteiger partial charge in [-0.1, -0.05) is 0 Å². The zero-order chi connectivity index (χ0) is 17.0. The number of nitrogens with one attached hydrogen (secondary N) is 1. The minimum Gasteiger partial charge on any atom is -0.383 e. The van der Waals surface area contributed by atoms with Crippen molar-refractivity contribution >= 4 is 15.9 Å². The molecule has 1 aromatic rings. The van der Waals surface area contributed by atoms with Gasteiger partial charge in [-0.15, -0.1) is 0 Å². The molecule has 1 N–H and O–H groups in total. The summed E-state index contributed by atoms with van der Waals surface area (Å²) in [5.41, 5.74) is 0.104. The van der Waals surface area contributed by atoms with Crippen LogP contribution in [0.25, 0.3) is 0 Å². The molecule has 2 rings (SSSR count). The molecule has 1 aliphatic rings. The average molecular weight is 344 g/mol. The van der Waals surface area contributed by atoms with Gasteiger partial charge in [-0.05, 0) is 38.0 Å². The number of hydrogen-bond acceptors (Lipinski definition) is 4. The molecule has 6 nitrogen and oxygen atoms in total. The minimum absolute atomic E-state index is 0.104. The molecule has 0 aliphatic carbocycles. The first-order valence-electron chi connectivity index (χ1n) is 7.45. The van der Waals surface area contributed by atoms with Gasteiger partial charge in [0.1, 0.15) is 10.7 Å².